The Bertz CT molecular complexity index is 496. The van der Waals surface area contributed by atoms with Gasteiger partial charge in [-0.2, -0.15) is 0 Å². The summed E-state index contributed by atoms with van der Waals surface area (Å²) in [5, 5.41) is 0.410. The molecule has 2 rings (SSSR count). The van der Waals surface area contributed by atoms with Crippen molar-refractivity contribution in [1.82, 2.24) is 9.97 Å². The number of anilines is 2. The van der Waals surface area contributed by atoms with Gasteiger partial charge < -0.3 is 4.90 Å². The fourth-order valence-electron chi connectivity index (χ4n) is 1.66. The van der Waals surface area contributed by atoms with E-state index in [9.17, 15) is 0 Å². The highest BCUT2D eigenvalue weighted by molar-refractivity contribution is 6.29. The van der Waals surface area contributed by atoms with Gasteiger partial charge in [-0.15, -0.1) is 0 Å². The summed E-state index contributed by atoms with van der Waals surface area (Å²) in [7, 11) is 0. The molecule has 0 amide bonds. The molecule has 1 heterocycles. The van der Waals surface area contributed by atoms with Gasteiger partial charge >= 0.3 is 0 Å². The highest BCUT2D eigenvalue weighted by Gasteiger charge is 2.08. The number of rotatable bonds is 3. The average Bonchev–Trinajstić information content (AvgIpc) is 2.33. The van der Waals surface area contributed by atoms with Gasteiger partial charge in [0, 0.05) is 12.2 Å². The molecule has 88 valence electrons. The molecule has 1 aromatic carbocycles. The van der Waals surface area contributed by atoms with Crippen molar-refractivity contribution in [2.45, 2.75) is 13.8 Å². The molecular formula is C13H14ClN3. The Morgan fingerprint density at radius 2 is 1.88 bits per heavy atom. The van der Waals surface area contributed by atoms with Gasteiger partial charge in [0.15, 0.2) is 5.82 Å². The molecule has 0 spiro atoms. The Hall–Kier alpha value is -1.61. The van der Waals surface area contributed by atoms with Gasteiger partial charge in [0.05, 0.1) is 12.4 Å². The molecule has 0 atom stereocenters. The number of halogens is 1. The predicted octanol–water partition coefficient (Wildman–Crippen LogP) is 3.60. The van der Waals surface area contributed by atoms with Gasteiger partial charge in [-0.3, -0.25) is 4.98 Å². The molecule has 0 aliphatic carbocycles. The average molecular weight is 248 g/mol. The Labute approximate surface area is 106 Å². The van der Waals surface area contributed by atoms with E-state index in [1.54, 1.807) is 6.20 Å². The third-order valence-electron chi connectivity index (χ3n) is 2.53. The van der Waals surface area contributed by atoms with Crippen molar-refractivity contribution in [3.05, 3.63) is 47.4 Å². The lowest BCUT2D eigenvalue weighted by Crippen LogP contribution is -2.17. The van der Waals surface area contributed by atoms with Gasteiger partial charge in [0.25, 0.3) is 0 Å². The maximum Gasteiger partial charge on any atom is 0.153 e. The standard InChI is InChI=1S/C13H14ClN3/c1-3-17(11-6-4-10(2)5-7-11)13-9-15-8-12(14)16-13/h4-9H,3H2,1-2H3. The zero-order valence-electron chi connectivity index (χ0n) is 9.89. The van der Waals surface area contributed by atoms with Crippen LogP contribution in [0.15, 0.2) is 36.7 Å². The fourth-order valence-corrected chi connectivity index (χ4v) is 1.81. The highest BCUT2D eigenvalue weighted by atomic mass is 35.5. The molecule has 0 aliphatic rings. The third kappa shape index (κ3) is 2.74. The minimum atomic E-state index is 0.410. The van der Waals surface area contributed by atoms with Crippen molar-refractivity contribution in [3.63, 3.8) is 0 Å². The number of hydrogen-bond acceptors (Lipinski definition) is 3. The zero-order chi connectivity index (χ0) is 12.3. The third-order valence-corrected chi connectivity index (χ3v) is 2.71. The molecule has 0 saturated heterocycles. The Kier molecular flexibility index (Phi) is 3.59. The topological polar surface area (TPSA) is 29.0 Å². The molecule has 0 aliphatic heterocycles. The molecule has 0 bridgehead atoms. The van der Waals surface area contributed by atoms with Crippen LogP contribution in [0, 0.1) is 6.92 Å². The summed E-state index contributed by atoms with van der Waals surface area (Å²) in [6.07, 6.45) is 3.25. The first kappa shape index (κ1) is 11.9. The van der Waals surface area contributed by atoms with Crippen LogP contribution >= 0.6 is 11.6 Å². The van der Waals surface area contributed by atoms with Crippen molar-refractivity contribution in [3.8, 4) is 0 Å². The molecule has 0 fully saturated rings. The largest absolute Gasteiger partial charge is 0.325 e. The SMILES string of the molecule is CCN(c1ccc(C)cc1)c1cncc(Cl)n1. The Morgan fingerprint density at radius 3 is 2.47 bits per heavy atom. The van der Waals surface area contributed by atoms with E-state index in [0.717, 1.165) is 18.1 Å². The van der Waals surface area contributed by atoms with E-state index in [-0.39, 0.29) is 0 Å². The summed E-state index contributed by atoms with van der Waals surface area (Å²) in [6.45, 7) is 4.96. The van der Waals surface area contributed by atoms with Crippen LogP contribution in [0.1, 0.15) is 12.5 Å². The van der Waals surface area contributed by atoms with Crippen molar-refractivity contribution < 1.29 is 0 Å². The lowest BCUT2D eigenvalue weighted by atomic mass is 10.2. The van der Waals surface area contributed by atoms with Crippen molar-refractivity contribution in [2.75, 3.05) is 11.4 Å². The van der Waals surface area contributed by atoms with Gasteiger partial charge in [0.2, 0.25) is 0 Å². The van der Waals surface area contributed by atoms with Crippen LogP contribution in [0.2, 0.25) is 5.15 Å². The summed E-state index contributed by atoms with van der Waals surface area (Å²) < 4.78 is 0. The van der Waals surface area contributed by atoms with Crippen molar-refractivity contribution in [2.24, 2.45) is 0 Å². The van der Waals surface area contributed by atoms with E-state index in [1.165, 1.54) is 11.8 Å². The van der Waals surface area contributed by atoms with Crippen LogP contribution < -0.4 is 4.90 Å². The number of hydrogen-bond donors (Lipinski definition) is 0. The summed E-state index contributed by atoms with van der Waals surface area (Å²) in [5.74, 6) is 0.767. The zero-order valence-corrected chi connectivity index (χ0v) is 10.6. The number of aryl methyl sites for hydroxylation is 1. The van der Waals surface area contributed by atoms with E-state index in [4.69, 9.17) is 11.6 Å². The van der Waals surface area contributed by atoms with E-state index in [0.29, 0.717) is 5.15 Å². The molecule has 3 nitrogen and oxygen atoms in total. The second-order valence-corrected chi connectivity index (χ2v) is 4.17. The maximum absolute atomic E-state index is 5.86. The first-order chi connectivity index (χ1) is 8.20. The van der Waals surface area contributed by atoms with Crippen LogP contribution in [0.4, 0.5) is 11.5 Å². The predicted molar refractivity (Wildman–Crippen MR) is 70.9 cm³/mol. The van der Waals surface area contributed by atoms with Crippen LogP contribution in [0.3, 0.4) is 0 Å². The number of benzene rings is 1. The fraction of sp³-hybridized carbons (Fsp3) is 0.231. The monoisotopic (exact) mass is 247 g/mol. The molecule has 2 aromatic rings. The summed E-state index contributed by atoms with van der Waals surface area (Å²) in [4.78, 5) is 10.4. The molecular weight excluding hydrogens is 234 g/mol. The first-order valence-electron chi connectivity index (χ1n) is 5.52. The maximum atomic E-state index is 5.86. The van der Waals surface area contributed by atoms with Crippen molar-refractivity contribution in [1.29, 1.82) is 0 Å². The number of nitrogens with zero attached hydrogens (tertiary/aromatic N) is 3. The second-order valence-electron chi connectivity index (χ2n) is 3.78. The van der Waals surface area contributed by atoms with E-state index < -0.39 is 0 Å². The van der Waals surface area contributed by atoms with Gasteiger partial charge in [-0.05, 0) is 26.0 Å². The van der Waals surface area contributed by atoms with Crippen LogP contribution in [-0.2, 0) is 0 Å². The normalized spacial score (nSPS) is 10.3. The summed E-state index contributed by atoms with van der Waals surface area (Å²) in [5.41, 5.74) is 2.33. The van der Waals surface area contributed by atoms with Gasteiger partial charge in [0.1, 0.15) is 5.15 Å². The smallest absolute Gasteiger partial charge is 0.153 e. The minimum Gasteiger partial charge on any atom is -0.325 e. The van der Waals surface area contributed by atoms with E-state index in [2.05, 4.69) is 53.0 Å². The molecule has 0 radical (unpaired) electrons. The van der Waals surface area contributed by atoms with Crippen LogP contribution in [-0.4, -0.2) is 16.5 Å². The highest BCUT2D eigenvalue weighted by Crippen LogP contribution is 2.23. The molecule has 0 N–H and O–H groups in total. The first-order valence-corrected chi connectivity index (χ1v) is 5.90. The molecule has 0 unspecified atom stereocenters. The molecule has 17 heavy (non-hydrogen) atoms. The van der Waals surface area contributed by atoms with E-state index >= 15 is 0 Å². The number of aromatic nitrogens is 2. The molecule has 1 aromatic heterocycles. The Balaban J connectivity index is 2.36. The molecule has 0 saturated carbocycles. The summed E-state index contributed by atoms with van der Waals surface area (Å²) in [6, 6.07) is 8.30. The lowest BCUT2D eigenvalue weighted by Gasteiger charge is -2.21. The quantitative estimate of drug-likeness (QED) is 0.830. The van der Waals surface area contributed by atoms with Crippen molar-refractivity contribution >= 4 is 23.1 Å². The minimum absolute atomic E-state index is 0.410. The second kappa shape index (κ2) is 5.15. The van der Waals surface area contributed by atoms with E-state index in [1.807, 2.05) is 0 Å². The molecule has 4 heteroatoms. The van der Waals surface area contributed by atoms with Gasteiger partial charge in [-0.1, -0.05) is 29.3 Å². The Morgan fingerprint density at radius 1 is 1.18 bits per heavy atom. The van der Waals surface area contributed by atoms with Gasteiger partial charge in [-0.25, -0.2) is 4.98 Å². The summed E-state index contributed by atoms with van der Waals surface area (Å²) >= 11 is 5.86. The lowest BCUT2D eigenvalue weighted by molar-refractivity contribution is 0.976. The van der Waals surface area contributed by atoms with Crippen LogP contribution in [0.5, 0.6) is 0 Å². The van der Waals surface area contributed by atoms with Crippen LogP contribution in [0.25, 0.3) is 0 Å².